The van der Waals surface area contributed by atoms with Crippen molar-refractivity contribution in [1.29, 1.82) is 0 Å². The maximum atomic E-state index is 12.5. The highest BCUT2D eigenvalue weighted by atomic mass is 79.9. The van der Waals surface area contributed by atoms with E-state index in [0.717, 1.165) is 32.7 Å². The summed E-state index contributed by atoms with van der Waals surface area (Å²) in [7, 11) is 0. The highest BCUT2D eigenvalue weighted by molar-refractivity contribution is 9.10. The molecule has 0 aliphatic heterocycles. The molecular formula is C18H20BrN5O. The normalized spacial score (nSPS) is 14.9. The molecule has 1 aromatic carbocycles. The molecule has 1 fully saturated rings. The van der Waals surface area contributed by atoms with E-state index in [-0.39, 0.29) is 11.8 Å². The first kappa shape index (κ1) is 16.3. The van der Waals surface area contributed by atoms with Gasteiger partial charge >= 0.3 is 0 Å². The lowest BCUT2D eigenvalue weighted by molar-refractivity contribution is 0.102. The van der Waals surface area contributed by atoms with Crippen LogP contribution >= 0.6 is 15.9 Å². The van der Waals surface area contributed by atoms with Crippen molar-refractivity contribution in [1.82, 2.24) is 20.2 Å². The Morgan fingerprint density at radius 2 is 2.16 bits per heavy atom. The number of nitrogens with one attached hydrogen (secondary N) is 3. The third-order valence-electron chi connectivity index (χ3n) is 4.77. The molecule has 4 rings (SSSR count). The number of hydrogen-bond acceptors (Lipinski definition) is 3. The molecule has 0 saturated heterocycles. The lowest BCUT2D eigenvalue weighted by Crippen LogP contribution is -2.13. The highest BCUT2D eigenvalue weighted by Crippen LogP contribution is 2.35. The number of H-pyrrole nitrogens is 2. The van der Waals surface area contributed by atoms with Crippen molar-refractivity contribution in [2.45, 2.75) is 44.9 Å². The van der Waals surface area contributed by atoms with Crippen LogP contribution in [0.3, 0.4) is 0 Å². The highest BCUT2D eigenvalue weighted by Gasteiger charge is 2.23. The number of halogens is 1. The van der Waals surface area contributed by atoms with Gasteiger partial charge in [0, 0.05) is 11.6 Å². The van der Waals surface area contributed by atoms with E-state index in [0.29, 0.717) is 11.6 Å². The minimum absolute atomic E-state index is 0.242. The summed E-state index contributed by atoms with van der Waals surface area (Å²) in [6.45, 7) is 4.09. The van der Waals surface area contributed by atoms with Gasteiger partial charge in [0.15, 0.2) is 5.69 Å². The Bertz CT molecular complexity index is 938. The fraction of sp³-hybridized carbons (Fsp3) is 0.389. The number of carbonyl (C=O) groups is 1. The van der Waals surface area contributed by atoms with Crippen molar-refractivity contribution < 1.29 is 4.79 Å². The molecule has 2 heterocycles. The molecule has 1 aliphatic carbocycles. The molecule has 1 aliphatic rings. The molecule has 0 spiro atoms. The van der Waals surface area contributed by atoms with Crippen LogP contribution in [0.25, 0.3) is 11.0 Å². The van der Waals surface area contributed by atoms with Gasteiger partial charge < -0.3 is 10.3 Å². The summed E-state index contributed by atoms with van der Waals surface area (Å²) in [5, 5.41) is 9.97. The zero-order valence-electron chi connectivity index (χ0n) is 14.2. The van der Waals surface area contributed by atoms with Gasteiger partial charge in [0.2, 0.25) is 0 Å². The maximum Gasteiger partial charge on any atom is 0.277 e. The van der Waals surface area contributed by atoms with Gasteiger partial charge in [-0.1, -0.05) is 20.3 Å². The Morgan fingerprint density at radius 3 is 2.80 bits per heavy atom. The molecule has 1 amide bonds. The van der Waals surface area contributed by atoms with Gasteiger partial charge in [0.25, 0.3) is 5.91 Å². The molecule has 0 radical (unpaired) electrons. The summed E-state index contributed by atoms with van der Waals surface area (Å²) >= 11 is 3.47. The Labute approximate surface area is 153 Å². The predicted molar refractivity (Wildman–Crippen MR) is 101 cm³/mol. The number of fused-ring (bicyclic) bond motifs is 1. The van der Waals surface area contributed by atoms with Gasteiger partial charge in [-0.3, -0.25) is 9.89 Å². The Hall–Kier alpha value is -2.15. The van der Waals surface area contributed by atoms with Crippen LogP contribution in [0.1, 0.15) is 67.0 Å². The van der Waals surface area contributed by atoms with Crippen molar-refractivity contribution in [3.05, 3.63) is 39.9 Å². The van der Waals surface area contributed by atoms with Gasteiger partial charge in [0.05, 0.1) is 21.2 Å². The minimum Gasteiger partial charge on any atom is -0.342 e. The minimum atomic E-state index is -0.242. The fourth-order valence-corrected chi connectivity index (χ4v) is 3.86. The summed E-state index contributed by atoms with van der Waals surface area (Å²) in [5.74, 6) is 1.63. The molecule has 7 heteroatoms. The number of imidazole rings is 1. The number of aromatic nitrogens is 4. The van der Waals surface area contributed by atoms with E-state index < -0.39 is 0 Å². The van der Waals surface area contributed by atoms with E-state index in [1.165, 1.54) is 19.3 Å². The van der Waals surface area contributed by atoms with Crippen molar-refractivity contribution >= 4 is 38.6 Å². The number of amides is 1. The van der Waals surface area contributed by atoms with Crippen LogP contribution in [0.5, 0.6) is 0 Å². The second kappa shape index (κ2) is 6.29. The quantitative estimate of drug-likeness (QED) is 0.592. The zero-order valence-corrected chi connectivity index (χ0v) is 15.8. The SMILES string of the molecule is CC(C)c1[nH]nc(C(=O)Nc2ccc3nc(C4CCC4)[nH]c3c2)c1Br. The summed E-state index contributed by atoms with van der Waals surface area (Å²) in [6, 6.07) is 5.73. The molecular weight excluding hydrogens is 382 g/mol. The maximum absolute atomic E-state index is 12.5. The lowest BCUT2D eigenvalue weighted by atomic mass is 9.85. The first-order chi connectivity index (χ1) is 12.0. The van der Waals surface area contributed by atoms with Crippen LogP contribution in [-0.4, -0.2) is 26.1 Å². The molecule has 3 N–H and O–H groups in total. The molecule has 2 aromatic heterocycles. The van der Waals surface area contributed by atoms with E-state index in [4.69, 9.17) is 0 Å². The van der Waals surface area contributed by atoms with Crippen molar-refractivity contribution in [2.24, 2.45) is 0 Å². The van der Waals surface area contributed by atoms with E-state index in [1.807, 2.05) is 32.0 Å². The Kier molecular flexibility index (Phi) is 4.11. The van der Waals surface area contributed by atoms with Gasteiger partial charge in [0.1, 0.15) is 5.82 Å². The summed E-state index contributed by atoms with van der Waals surface area (Å²) in [4.78, 5) is 20.6. The second-order valence-electron chi connectivity index (χ2n) is 6.89. The molecule has 0 atom stereocenters. The average Bonchev–Trinajstić information content (AvgIpc) is 3.08. The third kappa shape index (κ3) is 2.97. The standard InChI is InChI=1S/C18H20BrN5O/c1-9(2)15-14(19)16(24-23-15)18(25)20-11-6-7-12-13(8-11)22-17(21-12)10-4-3-5-10/h6-10H,3-5H2,1-2H3,(H,20,25)(H,21,22)(H,23,24). The first-order valence-electron chi connectivity index (χ1n) is 8.57. The first-order valence-corrected chi connectivity index (χ1v) is 9.37. The van der Waals surface area contributed by atoms with E-state index >= 15 is 0 Å². The van der Waals surface area contributed by atoms with Crippen LogP contribution in [0.15, 0.2) is 22.7 Å². The Balaban J connectivity index is 1.56. The summed E-state index contributed by atoms with van der Waals surface area (Å²) < 4.78 is 0.717. The second-order valence-corrected chi connectivity index (χ2v) is 7.68. The van der Waals surface area contributed by atoms with Crippen LogP contribution in [0.2, 0.25) is 0 Å². The van der Waals surface area contributed by atoms with Crippen molar-refractivity contribution in [3.8, 4) is 0 Å². The van der Waals surface area contributed by atoms with Crippen molar-refractivity contribution in [2.75, 3.05) is 5.32 Å². The molecule has 25 heavy (non-hydrogen) atoms. The van der Waals surface area contributed by atoms with Gasteiger partial charge in [-0.25, -0.2) is 4.98 Å². The van der Waals surface area contributed by atoms with E-state index in [1.54, 1.807) is 0 Å². The van der Waals surface area contributed by atoms with Gasteiger partial charge in [-0.15, -0.1) is 0 Å². The molecule has 130 valence electrons. The number of hydrogen-bond donors (Lipinski definition) is 3. The average molecular weight is 402 g/mol. The fourth-order valence-electron chi connectivity index (χ4n) is 3.05. The monoisotopic (exact) mass is 401 g/mol. The topological polar surface area (TPSA) is 86.5 Å². The smallest absolute Gasteiger partial charge is 0.277 e. The van der Waals surface area contributed by atoms with Crippen LogP contribution in [0, 0.1) is 0 Å². The van der Waals surface area contributed by atoms with Crippen LogP contribution in [0.4, 0.5) is 5.69 Å². The van der Waals surface area contributed by atoms with Crippen LogP contribution < -0.4 is 5.32 Å². The number of nitrogens with zero attached hydrogens (tertiary/aromatic N) is 2. The number of anilines is 1. The molecule has 1 saturated carbocycles. The molecule has 0 bridgehead atoms. The largest absolute Gasteiger partial charge is 0.342 e. The molecule has 0 unspecified atom stereocenters. The predicted octanol–water partition coefficient (Wildman–Crippen LogP) is 4.69. The van der Waals surface area contributed by atoms with Crippen molar-refractivity contribution in [3.63, 3.8) is 0 Å². The lowest BCUT2D eigenvalue weighted by Gasteiger charge is -2.22. The number of benzene rings is 1. The zero-order chi connectivity index (χ0) is 17.6. The Morgan fingerprint density at radius 1 is 1.36 bits per heavy atom. The third-order valence-corrected chi connectivity index (χ3v) is 5.58. The van der Waals surface area contributed by atoms with Gasteiger partial charge in [-0.2, -0.15) is 5.10 Å². The molecule has 6 nitrogen and oxygen atoms in total. The number of aromatic amines is 2. The van der Waals surface area contributed by atoms with Gasteiger partial charge in [-0.05, 0) is 52.9 Å². The van der Waals surface area contributed by atoms with E-state index in [9.17, 15) is 4.79 Å². The van der Waals surface area contributed by atoms with Crippen LogP contribution in [-0.2, 0) is 0 Å². The number of carbonyl (C=O) groups excluding carboxylic acids is 1. The summed E-state index contributed by atoms with van der Waals surface area (Å²) in [5.41, 5.74) is 3.89. The number of rotatable bonds is 4. The van der Waals surface area contributed by atoms with E-state index in [2.05, 4.69) is 41.4 Å². The summed E-state index contributed by atoms with van der Waals surface area (Å²) in [6.07, 6.45) is 3.68. The molecule has 3 aromatic rings.